The Morgan fingerprint density at radius 2 is 1.87 bits per heavy atom. The number of morpholine rings is 1. The lowest BCUT2D eigenvalue weighted by Gasteiger charge is -2.38. The lowest BCUT2D eigenvalue weighted by atomic mass is 9.99. The van der Waals surface area contributed by atoms with E-state index in [-0.39, 0.29) is 59.9 Å². The number of nitrogens with one attached hydrogen (secondary N) is 1. The highest BCUT2D eigenvalue weighted by molar-refractivity contribution is 5.99. The van der Waals surface area contributed by atoms with Crippen LogP contribution in [0.1, 0.15) is 35.3 Å². The van der Waals surface area contributed by atoms with Crippen LogP contribution in [0.5, 0.6) is 0 Å². The Balaban J connectivity index is 1.36. The van der Waals surface area contributed by atoms with E-state index in [1.807, 2.05) is 13.8 Å². The molecule has 1 aliphatic rings. The molecule has 12 nitrogen and oxygen atoms in total. The third-order valence-electron chi connectivity index (χ3n) is 9.06. The minimum Gasteiger partial charge on any atom is -0.464 e. The maximum atomic E-state index is 15.7. The van der Waals surface area contributed by atoms with Crippen LogP contribution in [-0.4, -0.2) is 75.6 Å². The van der Waals surface area contributed by atoms with E-state index in [0.29, 0.717) is 16.5 Å². The monoisotopic (exact) mass is 736 g/mol. The number of ether oxygens (including phenoxy) is 2. The lowest BCUT2D eigenvalue weighted by molar-refractivity contribution is -0.167. The van der Waals surface area contributed by atoms with Crippen LogP contribution < -0.4 is 21.5 Å². The van der Waals surface area contributed by atoms with Crippen molar-refractivity contribution in [2.24, 2.45) is 13.0 Å². The second-order valence-electron chi connectivity index (χ2n) is 13.2. The molecule has 1 N–H and O–H groups in total. The summed E-state index contributed by atoms with van der Waals surface area (Å²) in [7, 11) is 1.52. The molecule has 1 unspecified atom stereocenters. The first kappa shape index (κ1) is 37.1. The number of pyridine rings is 2. The van der Waals surface area contributed by atoms with Gasteiger partial charge in [0.1, 0.15) is 17.9 Å². The topological polar surface area (TPSA) is 138 Å². The van der Waals surface area contributed by atoms with Crippen molar-refractivity contribution in [1.82, 2.24) is 24.4 Å². The highest BCUT2D eigenvalue weighted by Crippen LogP contribution is 2.33. The van der Waals surface area contributed by atoms with E-state index in [4.69, 9.17) is 9.47 Å². The summed E-state index contributed by atoms with van der Waals surface area (Å²) in [5, 5.41) is 3.29. The van der Waals surface area contributed by atoms with E-state index in [2.05, 4.69) is 15.3 Å². The van der Waals surface area contributed by atoms with Crippen molar-refractivity contribution in [3.8, 4) is 5.69 Å². The number of nitrogens with zero attached hydrogens (tertiary/aromatic N) is 5. The number of fused-ring (bicyclic) bond motifs is 2. The van der Waals surface area contributed by atoms with Crippen LogP contribution in [0.3, 0.4) is 0 Å². The van der Waals surface area contributed by atoms with Gasteiger partial charge in [-0.2, -0.15) is 13.2 Å². The zero-order valence-electron chi connectivity index (χ0n) is 29.2. The number of rotatable bonds is 9. The number of esters is 1. The molecule has 0 spiro atoms. The molecule has 3 aromatic heterocycles. The normalized spacial score (nSPS) is 15.6. The fourth-order valence-electron chi connectivity index (χ4n) is 6.44. The van der Waals surface area contributed by atoms with Gasteiger partial charge in [-0.25, -0.2) is 18.5 Å². The number of hydrogen-bond donors (Lipinski definition) is 1. The molecular weight excluding hydrogens is 700 g/mol. The van der Waals surface area contributed by atoms with E-state index in [1.54, 1.807) is 18.2 Å². The molecule has 0 saturated carbocycles. The summed E-state index contributed by atoms with van der Waals surface area (Å²) < 4.78 is 69.7. The minimum atomic E-state index is -4.64. The first-order valence-corrected chi connectivity index (χ1v) is 16.8. The van der Waals surface area contributed by atoms with Crippen LogP contribution in [0.15, 0.2) is 70.6 Å². The summed E-state index contributed by atoms with van der Waals surface area (Å²) in [6, 6.07) is 6.74. The van der Waals surface area contributed by atoms with Gasteiger partial charge in [-0.3, -0.25) is 24.1 Å². The molecule has 278 valence electrons. The first-order valence-electron chi connectivity index (χ1n) is 16.8. The number of hydrogen-bond acceptors (Lipinski definition) is 9. The van der Waals surface area contributed by atoms with Gasteiger partial charge in [0.2, 0.25) is 0 Å². The predicted molar refractivity (Wildman–Crippen MR) is 188 cm³/mol. The van der Waals surface area contributed by atoms with Crippen LogP contribution >= 0.6 is 0 Å². The average Bonchev–Trinajstić information content (AvgIpc) is 3.12. The quantitative estimate of drug-likeness (QED) is 0.173. The Bertz CT molecular complexity index is 2320. The second-order valence-corrected chi connectivity index (χ2v) is 13.2. The van der Waals surface area contributed by atoms with Gasteiger partial charge in [-0.05, 0) is 54.3 Å². The molecule has 2 aromatic carbocycles. The molecule has 1 saturated heterocycles. The predicted octanol–water partition coefficient (Wildman–Crippen LogP) is 4.39. The number of aryl methyl sites for hydroxylation is 2. The van der Waals surface area contributed by atoms with Gasteiger partial charge >= 0.3 is 17.8 Å². The standard InChI is InChI=1S/C37H36F4N6O6/c1-20(2)18-53-35(50)27(44-33(48)31-21(3)14-23(16-26(31)38)46-12-13-52-19-30(46)37(39,40)41)15-22-7-8-28(32-24(22)6-5-10-43-32)47-34(49)25-9-11-42-17-29(25)45(4)36(47)51/h5-11,14,16-17,20,27,30H,12-13,15,18-19H2,1-4H3,(H,44,48)/t27?,30-/m1/s1. The minimum absolute atomic E-state index is 0.00814. The zero-order valence-corrected chi connectivity index (χ0v) is 29.2. The van der Waals surface area contributed by atoms with Crippen molar-refractivity contribution in [1.29, 1.82) is 0 Å². The summed E-state index contributed by atoms with van der Waals surface area (Å²) >= 11 is 0. The van der Waals surface area contributed by atoms with Gasteiger partial charge in [-0.15, -0.1) is 0 Å². The number of anilines is 1. The second kappa shape index (κ2) is 14.8. The number of alkyl halides is 3. The molecule has 1 aliphatic heterocycles. The number of amides is 1. The molecule has 4 heterocycles. The summed E-state index contributed by atoms with van der Waals surface area (Å²) in [5.41, 5.74) is -0.408. The fraction of sp³-hybridized carbons (Fsp3) is 0.351. The molecule has 0 radical (unpaired) electrons. The summed E-state index contributed by atoms with van der Waals surface area (Å²) in [6.45, 7) is 4.32. The Morgan fingerprint density at radius 1 is 1.09 bits per heavy atom. The maximum Gasteiger partial charge on any atom is 0.411 e. The fourth-order valence-corrected chi connectivity index (χ4v) is 6.44. The molecule has 1 fully saturated rings. The van der Waals surface area contributed by atoms with Crippen LogP contribution in [-0.2, 0) is 27.7 Å². The number of carbonyl (C=O) groups is 2. The van der Waals surface area contributed by atoms with Crippen LogP contribution in [0.4, 0.5) is 23.2 Å². The van der Waals surface area contributed by atoms with Gasteiger partial charge in [0.05, 0.1) is 53.7 Å². The Kier molecular flexibility index (Phi) is 10.3. The largest absolute Gasteiger partial charge is 0.464 e. The summed E-state index contributed by atoms with van der Waals surface area (Å²) in [4.78, 5) is 63.7. The maximum absolute atomic E-state index is 15.7. The lowest BCUT2D eigenvalue weighted by Crippen LogP contribution is -2.53. The molecule has 16 heteroatoms. The third kappa shape index (κ3) is 7.36. The molecule has 0 aliphatic carbocycles. The molecule has 6 rings (SSSR count). The van der Waals surface area contributed by atoms with Crippen molar-refractivity contribution in [3.63, 3.8) is 0 Å². The molecule has 5 aromatic rings. The van der Waals surface area contributed by atoms with Gasteiger partial charge in [-0.1, -0.05) is 26.0 Å². The van der Waals surface area contributed by atoms with Gasteiger partial charge in [0, 0.05) is 43.5 Å². The summed E-state index contributed by atoms with van der Waals surface area (Å²) in [6.07, 6.45) is -0.457. The van der Waals surface area contributed by atoms with E-state index in [1.165, 1.54) is 55.3 Å². The van der Waals surface area contributed by atoms with Gasteiger partial charge in [0.25, 0.3) is 11.5 Å². The molecule has 53 heavy (non-hydrogen) atoms. The van der Waals surface area contributed by atoms with Gasteiger partial charge < -0.3 is 19.7 Å². The van der Waals surface area contributed by atoms with Crippen molar-refractivity contribution in [2.75, 3.05) is 31.3 Å². The van der Waals surface area contributed by atoms with E-state index in [9.17, 15) is 32.3 Å². The number of carbonyl (C=O) groups excluding carboxylic acids is 2. The van der Waals surface area contributed by atoms with Crippen molar-refractivity contribution in [2.45, 2.75) is 45.5 Å². The first-order chi connectivity index (χ1) is 25.2. The Labute approximate surface area is 300 Å². The van der Waals surface area contributed by atoms with Gasteiger partial charge in [0.15, 0.2) is 0 Å². The molecular formula is C37H36F4N6O6. The number of benzene rings is 2. The van der Waals surface area contributed by atoms with Crippen LogP contribution in [0, 0.1) is 18.7 Å². The number of halogens is 4. The molecule has 2 atom stereocenters. The smallest absolute Gasteiger partial charge is 0.411 e. The summed E-state index contributed by atoms with van der Waals surface area (Å²) in [5.74, 6) is -2.91. The van der Waals surface area contributed by atoms with E-state index in [0.717, 1.165) is 15.5 Å². The van der Waals surface area contributed by atoms with Crippen molar-refractivity contribution in [3.05, 3.63) is 104 Å². The highest BCUT2D eigenvalue weighted by atomic mass is 19.4. The zero-order chi connectivity index (χ0) is 38.2. The Hall–Kier alpha value is -5.64. The Morgan fingerprint density at radius 3 is 2.58 bits per heavy atom. The van der Waals surface area contributed by atoms with E-state index >= 15 is 4.39 Å². The number of aromatic nitrogens is 4. The van der Waals surface area contributed by atoms with Crippen molar-refractivity contribution >= 4 is 39.4 Å². The highest BCUT2D eigenvalue weighted by Gasteiger charge is 2.45. The van der Waals surface area contributed by atoms with Crippen LogP contribution in [0.25, 0.3) is 27.5 Å². The third-order valence-corrected chi connectivity index (χ3v) is 9.06. The van der Waals surface area contributed by atoms with E-state index < -0.39 is 59.4 Å². The molecule has 0 bridgehead atoms. The van der Waals surface area contributed by atoms with Crippen LogP contribution in [0.2, 0.25) is 0 Å². The SMILES string of the molecule is Cc1cc(N2CCOC[C@@H]2C(F)(F)F)cc(F)c1C(=O)NC(Cc1ccc(-n2c(=O)c3ccncc3n(C)c2=O)c2ncccc12)C(=O)OCC(C)C. The average molecular weight is 737 g/mol. The molecule has 1 amide bonds. The van der Waals surface area contributed by atoms with Crippen molar-refractivity contribution < 1.29 is 36.6 Å².